The van der Waals surface area contributed by atoms with Crippen molar-refractivity contribution in [2.45, 2.75) is 51.4 Å². The third-order valence-corrected chi connectivity index (χ3v) is 4.12. The Morgan fingerprint density at radius 3 is 3.06 bits per heavy atom. The highest BCUT2D eigenvalue weighted by molar-refractivity contribution is 5.85. The number of benzene rings is 1. The molecule has 0 aliphatic heterocycles. The molecule has 0 amide bonds. The Balaban J connectivity index is 2.04. The van der Waals surface area contributed by atoms with Gasteiger partial charge >= 0.3 is 0 Å². The first-order chi connectivity index (χ1) is 8.40. The molecule has 1 aliphatic rings. The molecular formula is C16H21N. The van der Waals surface area contributed by atoms with E-state index in [1.807, 2.05) is 0 Å². The van der Waals surface area contributed by atoms with E-state index >= 15 is 0 Å². The molecule has 2 aromatic rings. The quantitative estimate of drug-likeness (QED) is 0.776. The van der Waals surface area contributed by atoms with E-state index in [0.717, 1.165) is 5.92 Å². The summed E-state index contributed by atoms with van der Waals surface area (Å²) in [4.78, 5) is 3.62. The predicted molar refractivity (Wildman–Crippen MR) is 73.5 cm³/mol. The lowest BCUT2D eigenvalue weighted by atomic mass is 9.82. The van der Waals surface area contributed by atoms with Crippen LogP contribution in [0.5, 0.6) is 0 Å². The molecule has 0 unspecified atom stereocenters. The number of aromatic nitrogens is 1. The van der Waals surface area contributed by atoms with Crippen LogP contribution in [0.15, 0.2) is 24.3 Å². The number of para-hydroxylation sites is 1. The molecule has 0 saturated carbocycles. The zero-order valence-electron chi connectivity index (χ0n) is 10.6. The van der Waals surface area contributed by atoms with Crippen molar-refractivity contribution >= 4 is 10.9 Å². The van der Waals surface area contributed by atoms with Gasteiger partial charge in [0.15, 0.2) is 0 Å². The van der Waals surface area contributed by atoms with Crippen LogP contribution in [0.3, 0.4) is 0 Å². The molecule has 0 bridgehead atoms. The van der Waals surface area contributed by atoms with Gasteiger partial charge in [-0.25, -0.2) is 0 Å². The Morgan fingerprint density at radius 2 is 2.18 bits per heavy atom. The molecule has 1 N–H and O–H groups in total. The summed E-state index contributed by atoms with van der Waals surface area (Å²) in [6.07, 6.45) is 8.03. The van der Waals surface area contributed by atoms with Gasteiger partial charge in [0.2, 0.25) is 0 Å². The number of nitrogens with one attached hydrogen (secondary N) is 1. The third-order valence-electron chi connectivity index (χ3n) is 4.12. The summed E-state index contributed by atoms with van der Waals surface area (Å²) in [6.45, 7) is 2.29. The summed E-state index contributed by atoms with van der Waals surface area (Å²) in [5.74, 6) is 0.801. The SMILES string of the molecule is CCCC[C@@H]1CCCc2[nH]c3ccccc3c21. The first-order valence-electron chi connectivity index (χ1n) is 6.99. The van der Waals surface area contributed by atoms with E-state index in [1.54, 1.807) is 5.56 Å². The van der Waals surface area contributed by atoms with Gasteiger partial charge in [0, 0.05) is 16.6 Å². The number of aryl methyl sites for hydroxylation is 1. The number of hydrogen-bond acceptors (Lipinski definition) is 0. The number of unbranched alkanes of at least 4 members (excludes halogenated alkanes) is 1. The monoisotopic (exact) mass is 227 g/mol. The number of H-pyrrole nitrogens is 1. The molecule has 0 fully saturated rings. The standard InChI is InChI=1S/C16H21N/c1-2-3-7-12-8-6-11-15-16(12)13-9-4-5-10-14(13)17-15/h4-5,9-10,12,17H,2-3,6-8,11H2,1H3/t12-/m1/s1. The maximum Gasteiger partial charge on any atom is 0.0459 e. The van der Waals surface area contributed by atoms with E-state index in [9.17, 15) is 0 Å². The average molecular weight is 227 g/mol. The summed E-state index contributed by atoms with van der Waals surface area (Å²) in [6, 6.07) is 8.80. The van der Waals surface area contributed by atoms with Crippen LogP contribution in [0.4, 0.5) is 0 Å². The number of hydrogen-bond donors (Lipinski definition) is 1. The van der Waals surface area contributed by atoms with Crippen LogP contribution in [0, 0.1) is 0 Å². The van der Waals surface area contributed by atoms with Crippen LogP contribution in [-0.2, 0) is 6.42 Å². The van der Waals surface area contributed by atoms with Gasteiger partial charge < -0.3 is 4.98 Å². The van der Waals surface area contributed by atoms with Crippen molar-refractivity contribution in [3.63, 3.8) is 0 Å². The number of fused-ring (bicyclic) bond motifs is 3. The van der Waals surface area contributed by atoms with Gasteiger partial charge in [-0.2, -0.15) is 0 Å². The molecule has 90 valence electrons. The summed E-state index contributed by atoms with van der Waals surface area (Å²) >= 11 is 0. The molecule has 1 nitrogen and oxygen atoms in total. The summed E-state index contributed by atoms with van der Waals surface area (Å²) in [7, 11) is 0. The van der Waals surface area contributed by atoms with Crippen LogP contribution in [0.25, 0.3) is 10.9 Å². The zero-order valence-corrected chi connectivity index (χ0v) is 10.6. The second kappa shape index (κ2) is 4.56. The van der Waals surface area contributed by atoms with Gasteiger partial charge in [-0.1, -0.05) is 38.0 Å². The van der Waals surface area contributed by atoms with E-state index in [1.165, 1.54) is 55.1 Å². The van der Waals surface area contributed by atoms with Crippen LogP contribution >= 0.6 is 0 Å². The first kappa shape index (κ1) is 10.9. The van der Waals surface area contributed by atoms with Gasteiger partial charge in [0.1, 0.15) is 0 Å². The Bertz CT molecular complexity index is 509. The van der Waals surface area contributed by atoms with Crippen LogP contribution in [0.1, 0.15) is 56.2 Å². The normalized spacial score (nSPS) is 19.5. The van der Waals surface area contributed by atoms with Crippen molar-refractivity contribution in [3.05, 3.63) is 35.5 Å². The maximum atomic E-state index is 3.62. The third kappa shape index (κ3) is 1.88. The molecule has 1 aromatic heterocycles. The molecule has 1 heterocycles. The van der Waals surface area contributed by atoms with Gasteiger partial charge in [0.05, 0.1) is 0 Å². The van der Waals surface area contributed by atoms with E-state index in [-0.39, 0.29) is 0 Å². The Morgan fingerprint density at radius 1 is 1.29 bits per heavy atom. The van der Waals surface area contributed by atoms with Gasteiger partial charge in [-0.05, 0) is 43.2 Å². The van der Waals surface area contributed by atoms with E-state index < -0.39 is 0 Å². The molecule has 0 radical (unpaired) electrons. The lowest BCUT2D eigenvalue weighted by molar-refractivity contribution is 0.502. The summed E-state index contributed by atoms with van der Waals surface area (Å²) < 4.78 is 0. The van der Waals surface area contributed by atoms with Crippen molar-refractivity contribution in [2.75, 3.05) is 0 Å². The Labute approximate surface area is 103 Å². The van der Waals surface area contributed by atoms with Gasteiger partial charge in [0.25, 0.3) is 0 Å². The van der Waals surface area contributed by atoms with E-state index in [2.05, 4.69) is 36.2 Å². The lowest BCUT2D eigenvalue weighted by Gasteiger charge is -2.23. The van der Waals surface area contributed by atoms with Gasteiger partial charge in [-0.3, -0.25) is 0 Å². The molecule has 1 aliphatic carbocycles. The minimum absolute atomic E-state index is 0.801. The van der Waals surface area contributed by atoms with Gasteiger partial charge in [-0.15, -0.1) is 0 Å². The maximum absolute atomic E-state index is 3.62. The fourth-order valence-electron chi connectivity index (χ4n) is 3.29. The Kier molecular flexibility index (Phi) is 2.92. The second-order valence-electron chi connectivity index (χ2n) is 5.29. The molecule has 1 atom stereocenters. The Hall–Kier alpha value is -1.24. The second-order valence-corrected chi connectivity index (χ2v) is 5.29. The zero-order chi connectivity index (χ0) is 11.7. The molecule has 1 heteroatoms. The van der Waals surface area contributed by atoms with Crippen molar-refractivity contribution in [3.8, 4) is 0 Å². The highest BCUT2D eigenvalue weighted by Crippen LogP contribution is 2.39. The summed E-state index contributed by atoms with van der Waals surface area (Å²) in [5, 5.41) is 1.48. The minimum Gasteiger partial charge on any atom is -0.358 e. The highest BCUT2D eigenvalue weighted by atomic mass is 14.7. The van der Waals surface area contributed by atoms with E-state index in [0.29, 0.717) is 0 Å². The van der Waals surface area contributed by atoms with Crippen LogP contribution in [0.2, 0.25) is 0 Å². The van der Waals surface area contributed by atoms with Crippen LogP contribution < -0.4 is 0 Å². The number of rotatable bonds is 3. The molecular weight excluding hydrogens is 206 g/mol. The lowest BCUT2D eigenvalue weighted by Crippen LogP contribution is -2.08. The van der Waals surface area contributed by atoms with E-state index in [4.69, 9.17) is 0 Å². The number of aromatic amines is 1. The molecule has 0 spiro atoms. The largest absolute Gasteiger partial charge is 0.358 e. The topological polar surface area (TPSA) is 15.8 Å². The fourth-order valence-corrected chi connectivity index (χ4v) is 3.29. The first-order valence-corrected chi connectivity index (χ1v) is 6.99. The molecule has 0 saturated heterocycles. The molecule has 3 rings (SSSR count). The van der Waals surface area contributed by atoms with Crippen molar-refractivity contribution in [1.29, 1.82) is 0 Å². The summed E-state index contributed by atoms with van der Waals surface area (Å²) in [5.41, 5.74) is 4.49. The minimum atomic E-state index is 0.801. The fraction of sp³-hybridized carbons (Fsp3) is 0.500. The smallest absolute Gasteiger partial charge is 0.0459 e. The van der Waals surface area contributed by atoms with Crippen molar-refractivity contribution in [1.82, 2.24) is 4.98 Å². The molecule has 1 aromatic carbocycles. The van der Waals surface area contributed by atoms with Crippen molar-refractivity contribution < 1.29 is 0 Å². The van der Waals surface area contributed by atoms with Crippen LogP contribution in [-0.4, -0.2) is 4.98 Å². The average Bonchev–Trinajstić information content (AvgIpc) is 2.75. The molecule has 17 heavy (non-hydrogen) atoms. The predicted octanol–water partition coefficient (Wildman–Crippen LogP) is 4.78. The van der Waals surface area contributed by atoms with Crippen molar-refractivity contribution in [2.24, 2.45) is 0 Å². The highest BCUT2D eigenvalue weighted by Gasteiger charge is 2.23.